The molecule has 0 fully saturated rings. The number of ether oxygens (including phenoxy) is 3. The molecule has 0 aliphatic rings. The summed E-state index contributed by atoms with van der Waals surface area (Å²) >= 11 is 0. The Balaban J connectivity index is 4.50. The van der Waals surface area contributed by atoms with Gasteiger partial charge in [-0.25, -0.2) is 4.57 Å². The van der Waals surface area contributed by atoms with Gasteiger partial charge in [-0.05, 0) is 37.0 Å². The van der Waals surface area contributed by atoms with Crippen LogP contribution in [0.5, 0.6) is 0 Å². The standard InChI is InChI=1S/C27H51O7P/c1-7-13-25(10-4)22-29-16-19-32-35(28,33-20-17-30-23-26(11-5)14-8-2)34-21-18-31-24-27(12-6)15-9-3/h7-9,25-27H,1-3,10-24H2,4-6H3. The van der Waals surface area contributed by atoms with E-state index in [-0.39, 0.29) is 19.8 Å². The third-order valence-electron chi connectivity index (χ3n) is 5.72. The second-order valence-electron chi connectivity index (χ2n) is 8.57. The highest BCUT2D eigenvalue weighted by Crippen LogP contribution is 2.49. The molecular formula is C27H51O7P. The molecule has 7 nitrogen and oxygen atoms in total. The van der Waals surface area contributed by atoms with Crippen LogP contribution >= 0.6 is 7.82 Å². The summed E-state index contributed by atoms with van der Waals surface area (Å²) in [6.45, 7) is 20.7. The first-order valence-corrected chi connectivity index (χ1v) is 14.5. The molecule has 0 radical (unpaired) electrons. The molecule has 0 aliphatic heterocycles. The van der Waals surface area contributed by atoms with Gasteiger partial charge in [-0.15, -0.1) is 19.7 Å². The normalized spacial score (nSPS) is 15.7. The van der Waals surface area contributed by atoms with Crippen molar-refractivity contribution in [3.05, 3.63) is 38.0 Å². The number of phosphoric ester groups is 1. The van der Waals surface area contributed by atoms with Gasteiger partial charge in [0.05, 0.1) is 39.6 Å². The molecule has 0 aliphatic carbocycles. The van der Waals surface area contributed by atoms with Crippen molar-refractivity contribution in [3.8, 4) is 0 Å². The number of rotatable bonds is 27. The molecule has 0 spiro atoms. The summed E-state index contributed by atoms with van der Waals surface area (Å²) in [6, 6.07) is 0. The molecule has 0 bridgehead atoms. The van der Waals surface area contributed by atoms with Gasteiger partial charge in [0.1, 0.15) is 0 Å². The van der Waals surface area contributed by atoms with E-state index in [2.05, 4.69) is 40.5 Å². The molecule has 0 saturated carbocycles. The Morgan fingerprint density at radius 1 is 0.571 bits per heavy atom. The fourth-order valence-electron chi connectivity index (χ4n) is 3.25. The van der Waals surface area contributed by atoms with Gasteiger partial charge in [0.15, 0.2) is 0 Å². The predicted molar refractivity (Wildman–Crippen MR) is 144 cm³/mol. The van der Waals surface area contributed by atoms with Crippen LogP contribution in [-0.4, -0.2) is 59.5 Å². The van der Waals surface area contributed by atoms with Crippen molar-refractivity contribution in [3.63, 3.8) is 0 Å². The summed E-state index contributed by atoms with van der Waals surface area (Å²) < 4.78 is 46.7. The first-order valence-electron chi connectivity index (χ1n) is 13.1. The molecule has 0 aromatic heterocycles. The molecule has 3 unspecified atom stereocenters. The van der Waals surface area contributed by atoms with Crippen LogP contribution in [-0.2, 0) is 32.3 Å². The van der Waals surface area contributed by atoms with E-state index < -0.39 is 7.82 Å². The van der Waals surface area contributed by atoms with Gasteiger partial charge in [0.25, 0.3) is 0 Å². The Morgan fingerprint density at radius 2 is 0.857 bits per heavy atom. The lowest BCUT2D eigenvalue weighted by molar-refractivity contribution is 0.0213. The van der Waals surface area contributed by atoms with Gasteiger partial charge in [-0.3, -0.25) is 13.6 Å². The molecule has 8 heteroatoms. The van der Waals surface area contributed by atoms with Crippen LogP contribution < -0.4 is 0 Å². The van der Waals surface area contributed by atoms with Crippen molar-refractivity contribution in [1.82, 2.24) is 0 Å². The van der Waals surface area contributed by atoms with Crippen molar-refractivity contribution < 1.29 is 32.3 Å². The zero-order chi connectivity index (χ0) is 26.2. The Hall–Kier alpha value is -0.790. The molecule has 35 heavy (non-hydrogen) atoms. The van der Waals surface area contributed by atoms with E-state index in [0.29, 0.717) is 57.4 Å². The second-order valence-corrected chi connectivity index (χ2v) is 10.2. The van der Waals surface area contributed by atoms with Crippen LogP contribution in [0.4, 0.5) is 0 Å². The highest BCUT2D eigenvalue weighted by Gasteiger charge is 2.26. The SMILES string of the molecule is C=CCC(CC)COCCOP(=O)(OCCOCC(CC)CC=C)OCCOCC(CC)CC=C. The van der Waals surface area contributed by atoms with Crippen LogP contribution in [0, 0.1) is 17.8 Å². The summed E-state index contributed by atoms with van der Waals surface area (Å²) in [6.07, 6.45) is 11.4. The van der Waals surface area contributed by atoms with Gasteiger partial charge in [0.2, 0.25) is 0 Å². The van der Waals surface area contributed by atoms with E-state index in [9.17, 15) is 4.57 Å². The van der Waals surface area contributed by atoms with E-state index >= 15 is 0 Å². The zero-order valence-corrected chi connectivity index (χ0v) is 23.4. The average Bonchev–Trinajstić information content (AvgIpc) is 2.86. The van der Waals surface area contributed by atoms with Gasteiger partial charge in [-0.1, -0.05) is 58.3 Å². The van der Waals surface area contributed by atoms with Crippen LogP contribution in [0.1, 0.15) is 59.3 Å². The molecule has 0 saturated heterocycles. The molecule has 0 N–H and O–H groups in total. The number of phosphoric acid groups is 1. The van der Waals surface area contributed by atoms with Crippen molar-refractivity contribution in [2.45, 2.75) is 59.3 Å². The van der Waals surface area contributed by atoms with E-state index in [1.54, 1.807) is 0 Å². The maximum Gasteiger partial charge on any atom is 0.475 e. The minimum absolute atomic E-state index is 0.109. The Bertz CT molecular complexity index is 494. The summed E-state index contributed by atoms with van der Waals surface area (Å²) in [5, 5.41) is 0. The lowest BCUT2D eigenvalue weighted by Crippen LogP contribution is -2.15. The Labute approximate surface area is 214 Å². The average molecular weight is 519 g/mol. The fourth-order valence-corrected chi connectivity index (χ4v) is 4.37. The smallest absolute Gasteiger partial charge is 0.379 e. The maximum atomic E-state index is 13.1. The third kappa shape index (κ3) is 19.0. The van der Waals surface area contributed by atoms with E-state index in [4.69, 9.17) is 27.8 Å². The van der Waals surface area contributed by atoms with Gasteiger partial charge < -0.3 is 14.2 Å². The molecular weight excluding hydrogens is 467 g/mol. The first-order chi connectivity index (χ1) is 17.0. The molecule has 206 valence electrons. The largest absolute Gasteiger partial charge is 0.475 e. The minimum atomic E-state index is -3.76. The predicted octanol–water partition coefficient (Wildman–Crippen LogP) is 7.00. The monoisotopic (exact) mass is 518 g/mol. The van der Waals surface area contributed by atoms with Crippen molar-refractivity contribution in [1.29, 1.82) is 0 Å². The maximum absolute atomic E-state index is 13.1. The molecule has 0 aromatic rings. The van der Waals surface area contributed by atoms with E-state index in [1.165, 1.54) is 0 Å². The molecule has 0 aromatic carbocycles. The quantitative estimate of drug-likeness (QED) is 0.0658. The molecule has 0 heterocycles. The van der Waals surface area contributed by atoms with Crippen molar-refractivity contribution in [2.75, 3.05) is 59.5 Å². The molecule has 3 atom stereocenters. The van der Waals surface area contributed by atoms with Gasteiger partial charge in [0, 0.05) is 19.8 Å². The molecule has 0 amide bonds. The Kier molecular flexibility index (Phi) is 23.1. The lowest BCUT2D eigenvalue weighted by Gasteiger charge is -2.20. The minimum Gasteiger partial charge on any atom is -0.379 e. The topological polar surface area (TPSA) is 72.5 Å². The highest BCUT2D eigenvalue weighted by molar-refractivity contribution is 7.48. The van der Waals surface area contributed by atoms with Crippen molar-refractivity contribution >= 4 is 7.82 Å². The van der Waals surface area contributed by atoms with E-state index in [0.717, 1.165) is 38.5 Å². The number of allylic oxidation sites excluding steroid dienone is 3. The summed E-state index contributed by atoms with van der Waals surface area (Å²) in [5.74, 6) is 1.26. The number of hydrogen-bond acceptors (Lipinski definition) is 7. The van der Waals surface area contributed by atoms with Crippen LogP contribution in [0.3, 0.4) is 0 Å². The summed E-state index contributed by atoms with van der Waals surface area (Å²) in [4.78, 5) is 0. The van der Waals surface area contributed by atoms with E-state index in [1.807, 2.05) is 18.2 Å². The summed E-state index contributed by atoms with van der Waals surface area (Å²) in [7, 11) is -3.76. The first kappa shape index (κ1) is 34.2. The second kappa shape index (κ2) is 23.6. The van der Waals surface area contributed by atoms with Crippen LogP contribution in [0.15, 0.2) is 38.0 Å². The number of hydrogen-bond donors (Lipinski definition) is 0. The summed E-state index contributed by atoms with van der Waals surface area (Å²) in [5.41, 5.74) is 0. The Morgan fingerprint density at radius 3 is 1.09 bits per heavy atom. The van der Waals surface area contributed by atoms with Crippen molar-refractivity contribution in [2.24, 2.45) is 17.8 Å². The van der Waals surface area contributed by atoms with Crippen LogP contribution in [0.25, 0.3) is 0 Å². The van der Waals surface area contributed by atoms with Crippen LogP contribution in [0.2, 0.25) is 0 Å². The third-order valence-corrected chi connectivity index (χ3v) is 7.22. The molecule has 0 rings (SSSR count). The zero-order valence-electron chi connectivity index (χ0n) is 22.5. The van der Waals surface area contributed by atoms with Gasteiger partial charge in [-0.2, -0.15) is 0 Å². The van der Waals surface area contributed by atoms with Gasteiger partial charge >= 0.3 is 7.82 Å². The fraction of sp³-hybridized carbons (Fsp3) is 0.778. The highest BCUT2D eigenvalue weighted by atomic mass is 31.2. The lowest BCUT2D eigenvalue weighted by atomic mass is 10.0.